The van der Waals surface area contributed by atoms with Gasteiger partial charge in [0.25, 0.3) is 5.91 Å². The van der Waals surface area contributed by atoms with Gasteiger partial charge in [0.05, 0.1) is 28.1 Å². The van der Waals surface area contributed by atoms with Gasteiger partial charge in [0.15, 0.2) is 0 Å². The minimum atomic E-state index is -0.402. The van der Waals surface area contributed by atoms with E-state index in [2.05, 4.69) is 4.57 Å². The maximum absolute atomic E-state index is 13.4. The van der Waals surface area contributed by atoms with Gasteiger partial charge in [-0.1, -0.05) is 41.9 Å². The molecule has 2 saturated heterocycles. The first-order valence-corrected chi connectivity index (χ1v) is 15.2. The van der Waals surface area contributed by atoms with Crippen molar-refractivity contribution in [3.8, 4) is 0 Å². The molecular formula is C34H32ClFN4O3. The Morgan fingerprint density at radius 1 is 0.930 bits per heavy atom. The van der Waals surface area contributed by atoms with Gasteiger partial charge in [0.1, 0.15) is 5.82 Å². The van der Waals surface area contributed by atoms with Crippen LogP contribution in [0.4, 0.5) is 10.1 Å². The molecule has 0 unspecified atom stereocenters. The van der Waals surface area contributed by atoms with Crippen LogP contribution in [0.1, 0.15) is 47.2 Å². The third-order valence-corrected chi connectivity index (χ3v) is 9.80. The molecule has 3 aliphatic heterocycles. The molecule has 4 aromatic rings. The number of likely N-dealkylation sites (tertiary alicyclic amines) is 2. The second-order valence-electron chi connectivity index (χ2n) is 11.9. The van der Waals surface area contributed by atoms with Crippen LogP contribution < -0.4 is 4.90 Å². The molecule has 0 atom stereocenters. The molecule has 0 saturated carbocycles. The van der Waals surface area contributed by atoms with Crippen LogP contribution in [0.2, 0.25) is 5.02 Å². The number of aryl methyl sites for hydroxylation is 1. The quantitative estimate of drug-likeness (QED) is 0.272. The van der Waals surface area contributed by atoms with E-state index in [1.165, 1.54) is 12.1 Å². The fourth-order valence-electron chi connectivity index (χ4n) is 6.94. The average molecular weight is 599 g/mol. The van der Waals surface area contributed by atoms with Gasteiger partial charge in [-0.3, -0.25) is 14.4 Å². The Morgan fingerprint density at radius 3 is 2.47 bits per heavy atom. The van der Waals surface area contributed by atoms with E-state index in [1.807, 2.05) is 52.4 Å². The molecule has 0 N–H and O–H groups in total. The van der Waals surface area contributed by atoms with Gasteiger partial charge in [0.2, 0.25) is 11.8 Å². The highest BCUT2D eigenvalue weighted by Crippen LogP contribution is 2.42. The van der Waals surface area contributed by atoms with Crippen LogP contribution in [0, 0.1) is 11.2 Å². The molecular weight excluding hydrogens is 567 g/mol. The van der Waals surface area contributed by atoms with E-state index in [0.717, 1.165) is 34.1 Å². The third kappa shape index (κ3) is 4.97. The van der Waals surface area contributed by atoms with Gasteiger partial charge in [-0.2, -0.15) is 0 Å². The number of nitrogens with zero attached hydrogens (tertiary/aromatic N) is 4. The topological polar surface area (TPSA) is 65.9 Å². The van der Waals surface area contributed by atoms with Crippen LogP contribution in [0.15, 0.2) is 72.9 Å². The number of aromatic nitrogens is 1. The predicted octanol–water partition coefficient (Wildman–Crippen LogP) is 6.03. The van der Waals surface area contributed by atoms with Crippen molar-refractivity contribution in [3.05, 3.63) is 100 Å². The van der Waals surface area contributed by atoms with E-state index in [-0.39, 0.29) is 23.5 Å². The van der Waals surface area contributed by atoms with Gasteiger partial charge in [0, 0.05) is 51.0 Å². The van der Waals surface area contributed by atoms with Crippen LogP contribution >= 0.6 is 11.6 Å². The summed E-state index contributed by atoms with van der Waals surface area (Å²) in [5.41, 5.74) is 3.77. The lowest BCUT2D eigenvalue weighted by molar-refractivity contribution is -0.143. The van der Waals surface area contributed by atoms with Crippen molar-refractivity contribution in [2.75, 3.05) is 24.5 Å². The minimum Gasteiger partial charge on any atom is -0.347 e. The normalized spacial score (nSPS) is 17.9. The number of anilines is 1. The lowest BCUT2D eigenvalue weighted by Crippen LogP contribution is -2.46. The number of amides is 3. The molecule has 4 heterocycles. The first kappa shape index (κ1) is 27.7. The lowest BCUT2D eigenvalue weighted by atomic mass is 9.77. The van der Waals surface area contributed by atoms with Crippen molar-refractivity contribution >= 4 is 45.9 Å². The van der Waals surface area contributed by atoms with Crippen molar-refractivity contribution in [3.63, 3.8) is 0 Å². The lowest BCUT2D eigenvalue weighted by Gasteiger charge is -2.38. The number of hydrogen-bond acceptors (Lipinski definition) is 3. The maximum Gasteiger partial charge on any atom is 0.260 e. The molecule has 2 fully saturated rings. The Hall–Kier alpha value is -4.17. The standard InChI is InChI=1S/C34H32ClFN4O3/c35-28-3-1-2-25-22-40(32(42)31(25)28)27-9-6-24-10-15-37(29(24)20-27)16-11-30(41)38-17-12-34(13-18-38)14-19-39(33(34)43)21-23-4-7-26(36)8-5-23/h1-10,15,20H,11-14,16-19,21-22H2. The predicted molar refractivity (Wildman–Crippen MR) is 163 cm³/mol. The molecule has 7 nitrogen and oxygen atoms in total. The average Bonchev–Trinajstić information content (AvgIpc) is 3.67. The smallest absolute Gasteiger partial charge is 0.260 e. The number of carbonyl (C=O) groups is 3. The van der Waals surface area contributed by atoms with E-state index in [1.54, 1.807) is 23.1 Å². The molecule has 3 aromatic carbocycles. The number of benzene rings is 3. The molecule has 9 heteroatoms. The summed E-state index contributed by atoms with van der Waals surface area (Å²) in [6.07, 6.45) is 4.48. The minimum absolute atomic E-state index is 0.0845. The van der Waals surface area contributed by atoms with Crippen molar-refractivity contribution in [2.24, 2.45) is 5.41 Å². The summed E-state index contributed by atoms with van der Waals surface area (Å²) >= 11 is 6.32. The summed E-state index contributed by atoms with van der Waals surface area (Å²) in [5, 5.41) is 1.51. The zero-order valence-corrected chi connectivity index (χ0v) is 24.5. The molecule has 0 radical (unpaired) electrons. The summed E-state index contributed by atoms with van der Waals surface area (Å²) < 4.78 is 15.3. The molecule has 7 rings (SSSR count). The fourth-order valence-corrected chi connectivity index (χ4v) is 7.21. The Balaban J connectivity index is 0.969. The van der Waals surface area contributed by atoms with Crippen LogP contribution in [0.5, 0.6) is 0 Å². The van der Waals surface area contributed by atoms with E-state index in [4.69, 9.17) is 11.6 Å². The number of hydrogen-bond donors (Lipinski definition) is 0. The SMILES string of the molecule is O=C(CCn1ccc2ccc(N3Cc4cccc(Cl)c4C3=O)cc21)N1CCC2(CC1)CCN(Cc1ccc(F)cc1)C2=O. The van der Waals surface area contributed by atoms with E-state index in [0.29, 0.717) is 69.1 Å². The number of rotatable bonds is 6. The molecule has 0 bridgehead atoms. The largest absolute Gasteiger partial charge is 0.347 e. The fraction of sp³-hybridized carbons (Fsp3) is 0.324. The van der Waals surface area contributed by atoms with Crippen LogP contribution in [-0.4, -0.2) is 51.7 Å². The van der Waals surface area contributed by atoms with E-state index in [9.17, 15) is 18.8 Å². The van der Waals surface area contributed by atoms with Crippen LogP contribution in [-0.2, 0) is 29.2 Å². The monoisotopic (exact) mass is 598 g/mol. The summed E-state index contributed by atoms with van der Waals surface area (Å²) in [4.78, 5) is 45.3. The van der Waals surface area contributed by atoms with Gasteiger partial charge in [-0.05, 0) is 72.2 Å². The summed E-state index contributed by atoms with van der Waals surface area (Å²) in [7, 11) is 0. The first-order valence-electron chi connectivity index (χ1n) is 14.8. The Kier molecular flexibility index (Phi) is 6.96. The molecule has 1 aromatic heterocycles. The number of carbonyl (C=O) groups excluding carboxylic acids is 3. The molecule has 220 valence electrons. The number of halogens is 2. The maximum atomic E-state index is 13.4. The highest BCUT2D eigenvalue weighted by Gasteiger charge is 2.48. The molecule has 0 aliphatic carbocycles. The third-order valence-electron chi connectivity index (χ3n) is 9.48. The zero-order chi connectivity index (χ0) is 29.7. The Labute approximate surface area is 254 Å². The van der Waals surface area contributed by atoms with Gasteiger partial charge in [-0.25, -0.2) is 4.39 Å². The van der Waals surface area contributed by atoms with E-state index >= 15 is 0 Å². The molecule has 3 aliphatic rings. The Morgan fingerprint density at radius 2 is 1.70 bits per heavy atom. The van der Waals surface area contributed by atoms with Crippen molar-refractivity contribution in [1.29, 1.82) is 0 Å². The molecule has 43 heavy (non-hydrogen) atoms. The number of fused-ring (bicyclic) bond motifs is 2. The second-order valence-corrected chi connectivity index (χ2v) is 12.3. The van der Waals surface area contributed by atoms with Crippen molar-refractivity contribution in [2.45, 2.75) is 45.3 Å². The highest BCUT2D eigenvalue weighted by molar-refractivity contribution is 6.35. The summed E-state index contributed by atoms with van der Waals surface area (Å²) in [6.45, 7) is 3.33. The zero-order valence-electron chi connectivity index (χ0n) is 23.8. The van der Waals surface area contributed by atoms with Crippen LogP contribution in [0.3, 0.4) is 0 Å². The molecule has 1 spiro atoms. The van der Waals surface area contributed by atoms with Crippen molar-refractivity contribution < 1.29 is 18.8 Å². The van der Waals surface area contributed by atoms with Crippen LogP contribution in [0.25, 0.3) is 10.9 Å². The highest BCUT2D eigenvalue weighted by atomic mass is 35.5. The van der Waals surface area contributed by atoms with Crippen molar-refractivity contribution in [1.82, 2.24) is 14.4 Å². The van der Waals surface area contributed by atoms with Gasteiger partial charge in [-0.15, -0.1) is 0 Å². The van der Waals surface area contributed by atoms with Gasteiger partial charge < -0.3 is 19.3 Å². The Bertz CT molecular complexity index is 1740. The van der Waals surface area contributed by atoms with Gasteiger partial charge >= 0.3 is 0 Å². The summed E-state index contributed by atoms with van der Waals surface area (Å²) in [6, 6.07) is 19.8. The first-order chi connectivity index (χ1) is 20.8. The number of piperidine rings is 1. The van der Waals surface area contributed by atoms with E-state index < -0.39 is 5.41 Å². The summed E-state index contributed by atoms with van der Waals surface area (Å²) in [5.74, 6) is -0.146. The molecule has 3 amide bonds. The second kappa shape index (κ2) is 10.8.